The lowest BCUT2D eigenvalue weighted by Gasteiger charge is -2.50. The number of carbonyl (C=O) groups excluding carboxylic acids is 3. The molecule has 6 N–H and O–H groups in total. The lowest BCUT2D eigenvalue weighted by atomic mass is 9.57. The summed E-state index contributed by atoms with van der Waals surface area (Å²) in [6, 6.07) is 1.98. The molecule has 1 amide bonds. The molecule has 0 aromatic heterocycles. The van der Waals surface area contributed by atoms with Crippen LogP contribution in [0.1, 0.15) is 23.1 Å². The summed E-state index contributed by atoms with van der Waals surface area (Å²) in [4.78, 5) is 45.5. The molecular weight excluding hydrogens is 458 g/mol. The van der Waals surface area contributed by atoms with E-state index in [0.717, 1.165) is 5.56 Å². The van der Waals surface area contributed by atoms with Gasteiger partial charge in [-0.05, 0) is 50.0 Å². The molecule has 3 aliphatic rings. The van der Waals surface area contributed by atoms with Crippen molar-refractivity contribution in [2.24, 2.45) is 17.6 Å². The van der Waals surface area contributed by atoms with Crippen molar-refractivity contribution in [2.75, 3.05) is 28.3 Å². The molecule has 4 atom stereocenters. The highest BCUT2D eigenvalue weighted by Crippen LogP contribution is 2.52. The van der Waals surface area contributed by atoms with E-state index in [0.29, 0.717) is 12.1 Å². The summed E-state index contributed by atoms with van der Waals surface area (Å²) in [5.41, 5.74) is 3.09. The maximum absolute atomic E-state index is 13.8. The SMILES string of the molecule is CON(C)Cc1ccc(O)c2c1CC1CC3[C@H](N(C)C)C(=O)C(C(N)=O)=C(O)[C@@]3(O)C(=O)C1=C2O. The Bertz CT molecular complexity index is 1200. The van der Waals surface area contributed by atoms with Crippen LogP contribution < -0.4 is 5.73 Å². The van der Waals surface area contributed by atoms with Crippen molar-refractivity contribution in [2.45, 2.75) is 31.0 Å². The highest BCUT2D eigenvalue weighted by molar-refractivity contribution is 6.24. The molecule has 35 heavy (non-hydrogen) atoms. The number of rotatable bonds is 5. The second-order valence-corrected chi connectivity index (χ2v) is 9.53. The fraction of sp³-hybridized carbons (Fsp3) is 0.458. The molecule has 0 spiro atoms. The fourth-order valence-corrected chi connectivity index (χ4v) is 5.76. The van der Waals surface area contributed by atoms with Crippen LogP contribution in [0.2, 0.25) is 0 Å². The van der Waals surface area contributed by atoms with Crippen molar-refractivity contribution in [3.63, 3.8) is 0 Å². The number of Topliss-reactive ketones (excluding diaryl/α,β-unsaturated/α-hetero) is 2. The minimum absolute atomic E-state index is 0.0426. The van der Waals surface area contributed by atoms with Crippen molar-refractivity contribution in [3.05, 3.63) is 45.7 Å². The van der Waals surface area contributed by atoms with Gasteiger partial charge in [-0.2, -0.15) is 5.06 Å². The first-order valence-corrected chi connectivity index (χ1v) is 11.1. The van der Waals surface area contributed by atoms with E-state index >= 15 is 0 Å². The molecular formula is C24H29N3O8. The first-order valence-electron chi connectivity index (χ1n) is 11.1. The summed E-state index contributed by atoms with van der Waals surface area (Å²) in [6.45, 7) is 0.333. The molecule has 0 heterocycles. The number of aliphatic hydroxyl groups is 3. The number of fused-ring (bicyclic) bond motifs is 3. The highest BCUT2D eigenvalue weighted by Gasteiger charge is 2.64. The summed E-state index contributed by atoms with van der Waals surface area (Å²) in [7, 11) is 6.34. The van der Waals surface area contributed by atoms with Gasteiger partial charge in [0, 0.05) is 25.1 Å². The number of nitrogens with zero attached hydrogens (tertiary/aromatic N) is 2. The summed E-state index contributed by atoms with van der Waals surface area (Å²) < 4.78 is 0. The van der Waals surface area contributed by atoms with Gasteiger partial charge in [0.1, 0.15) is 22.8 Å². The minimum atomic E-state index is -2.64. The van der Waals surface area contributed by atoms with Crippen molar-refractivity contribution in [3.8, 4) is 5.75 Å². The maximum atomic E-state index is 13.8. The predicted molar refractivity (Wildman–Crippen MR) is 123 cm³/mol. The molecule has 4 rings (SSSR count). The molecule has 0 radical (unpaired) electrons. The number of benzene rings is 1. The molecule has 1 fully saturated rings. The topological polar surface area (TPSA) is 174 Å². The zero-order valence-electron chi connectivity index (χ0n) is 19.9. The van der Waals surface area contributed by atoms with E-state index in [1.54, 1.807) is 32.3 Å². The molecule has 0 bridgehead atoms. The van der Waals surface area contributed by atoms with Gasteiger partial charge in [-0.3, -0.25) is 19.3 Å². The van der Waals surface area contributed by atoms with Crippen LogP contribution in [0.5, 0.6) is 5.75 Å². The predicted octanol–water partition coefficient (Wildman–Crippen LogP) is -0.0428. The molecule has 3 aliphatic carbocycles. The molecule has 0 saturated heterocycles. The molecule has 2 unspecified atom stereocenters. The van der Waals surface area contributed by atoms with E-state index < -0.39 is 58.0 Å². The Hall–Kier alpha value is -3.25. The van der Waals surface area contributed by atoms with Crippen LogP contribution in [0.4, 0.5) is 0 Å². The van der Waals surface area contributed by atoms with Gasteiger partial charge in [0.25, 0.3) is 5.91 Å². The van der Waals surface area contributed by atoms with Crippen LogP contribution >= 0.6 is 0 Å². The van der Waals surface area contributed by atoms with Crippen LogP contribution in [0.3, 0.4) is 0 Å². The Labute approximate surface area is 201 Å². The van der Waals surface area contributed by atoms with Gasteiger partial charge >= 0.3 is 0 Å². The fourth-order valence-electron chi connectivity index (χ4n) is 5.76. The number of hydrogen-bond acceptors (Lipinski definition) is 10. The van der Waals surface area contributed by atoms with Crippen molar-refractivity contribution in [1.29, 1.82) is 0 Å². The second kappa shape index (κ2) is 8.45. The van der Waals surface area contributed by atoms with Crippen LogP contribution in [-0.2, 0) is 32.2 Å². The monoisotopic (exact) mass is 487 g/mol. The smallest absolute Gasteiger partial charge is 0.255 e. The number of ketones is 2. The van der Waals surface area contributed by atoms with Gasteiger partial charge < -0.3 is 31.0 Å². The van der Waals surface area contributed by atoms with Crippen molar-refractivity contribution in [1.82, 2.24) is 9.96 Å². The summed E-state index contributed by atoms with van der Waals surface area (Å²) >= 11 is 0. The number of hydrogen-bond donors (Lipinski definition) is 5. The molecule has 1 aromatic carbocycles. The lowest BCUT2D eigenvalue weighted by molar-refractivity contribution is -0.153. The van der Waals surface area contributed by atoms with Gasteiger partial charge in [-0.25, -0.2) is 0 Å². The van der Waals surface area contributed by atoms with Crippen LogP contribution in [0, 0.1) is 11.8 Å². The first kappa shape index (κ1) is 24.9. The van der Waals surface area contributed by atoms with E-state index in [9.17, 15) is 34.8 Å². The third kappa shape index (κ3) is 3.46. The molecule has 1 aromatic rings. The second-order valence-electron chi connectivity index (χ2n) is 9.53. The number of primary amides is 1. The van der Waals surface area contributed by atoms with Crippen LogP contribution in [-0.4, -0.2) is 87.8 Å². The van der Waals surface area contributed by atoms with Gasteiger partial charge in [-0.1, -0.05) is 6.07 Å². The number of aromatic hydroxyl groups is 1. The maximum Gasteiger partial charge on any atom is 0.255 e. The van der Waals surface area contributed by atoms with Gasteiger partial charge in [0.05, 0.1) is 18.7 Å². The molecule has 1 saturated carbocycles. The number of phenolic OH excluding ortho intramolecular Hbond substituents is 1. The molecule has 11 heteroatoms. The Balaban J connectivity index is 1.94. The number of aliphatic hydroxyl groups excluding tert-OH is 2. The van der Waals surface area contributed by atoms with Gasteiger partial charge in [-0.15, -0.1) is 0 Å². The van der Waals surface area contributed by atoms with Crippen molar-refractivity contribution >= 4 is 23.2 Å². The van der Waals surface area contributed by atoms with E-state index in [2.05, 4.69) is 0 Å². The van der Waals surface area contributed by atoms with Crippen molar-refractivity contribution < 1.29 is 39.6 Å². The van der Waals surface area contributed by atoms with E-state index in [1.807, 2.05) is 0 Å². The quantitative estimate of drug-likeness (QED) is 0.280. The van der Waals surface area contributed by atoms with Gasteiger partial charge in [0.15, 0.2) is 11.4 Å². The number of hydroxylamine groups is 2. The van der Waals surface area contributed by atoms with Crippen LogP contribution in [0.15, 0.2) is 29.0 Å². The summed E-state index contributed by atoms with van der Waals surface area (Å²) in [6.07, 6.45) is 0.275. The molecule has 188 valence electrons. The van der Waals surface area contributed by atoms with Crippen LogP contribution in [0.25, 0.3) is 5.76 Å². The number of carbonyl (C=O) groups is 3. The molecule has 0 aliphatic heterocycles. The summed E-state index contributed by atoms with van der Waals surface area (Å²) in [5.74, 6) is -6.68. The average Bonchev–Trinajstić information content (AvgIpc) is 2.77. The lowest BCUT2D eigenvalue weighted by Crippen LogP contribution is -2.65. The number of phenols is 1. The normalized spacial score (nSPS) is 28.4. The number of amides is 1. The number of likely N-dealkylation sites (N-methyl/N-ethyl adjacent to an activating group) is 1. The Morgan fingerprint density at radius 1 is 1.20 bits per heavy atom. The average molecular weight is 488 g/mol. The zero-order chi connectivity index (χ0) is 26.0. The van der Waals surface area contributed by atoms with E-state index in [1.165, 1.54) is 18.1 Å². The Morgan fingerprint density at radius 2 is 1.86 bits per heavy atom. The standard InChI is InChI=1S/C24H29N3O8/c1-26(2)18-13-8-11-7-12-10(9-27(3)35-4)5-6-14(28)16(12)19(29)15(11)21(31)24(13,34)22(32)17(20(18)30)23(25)33/h5-6,11,13,18,28-29,32,34H,7-9H2,1-4H3,(H2,25,33)/t11?,13?,18-,24-/m0/s1. The van der Waals surface area contributed by atoms with E-state index in [-0.39, 0.29) is 29.7 Å². The third-order valence-electron chi connectivity index (χ3n) is 7.41. The largest absolute Gasteiger partial charge is 0.508 e. The van der Waals surface area contributed by atoms with E-state index in [4.69, 9.17) is 10.6 Å². The number of nitrogens with two attached hydrogens (primary N) is 1. The minimum Gasteiger partial charge on any atom is -0.508 e. The van der Waals surface area contributed by atoms with Gasteiger partial charge in [0.2, 0.25) is 5.78 Å². The highest BCUT2D eigenvalue weighted by atomic mass is 16.7. The summed E-state index contributed by atoms with van der Waals surface area (Å²) in [5, 5.41) is 45.7. The molecule has 11 nitrogen and oxygen atoms in total. The first-order chi connectivity index (χ1) is 16.4. The Kier molecular flexibility index (Phi) is 6.00. The Morgan fingerprint density at radius 3 is 2.43 bits per heavy atom. The third-order valence-corrected chi connectivity index (χ3v) is 7.41. The zero-order valence-corrected chi connectivity index (χ0v) is 19.9.